The number of piperidine rings is 1. The van der Waals surface area contributed by atoms with Gasteiger partial charge in [-0.25, -0.2) is 0 Å². The van der Waals surface area contributed by atoms with Crippen LogP contribution < -0.4 is 10.1 Å². The van der Waals surface area contributed by atoms with Gasteiger partial charge in [0, 0.05) is 19.6 Å². The van der Waals surface area contributed by atoms with Gasteiger partial charge in [-0.3, -0.25) is 9.69 Å². The third kappa shape index (κ3) is 4.53. The number of amides is 1. The monoisotopic (exact) mass is 346 g/mol. The van der Waals surface area contributed by atoms with Crippen LogP contribution in [0.1, 0.15) is 31.7 Å². The molecule has 1 aromatic rings. The predicted octanol–water partition coefficient (Wildman–Crippen LogP) is 1.84. The van der Waals surface area contributed by atoms with Crippen LogP contribution in [0.25, 0.3) is 0 Å². The van der Waals surface area contributed by atoms with E-state index in [0.29, 0.717) is 19.0 Å². The van der Waals surface area contributed by atoms with Gasteiger partial charge < -0.3 is 15.2 Å². The van der Waals surface area contributed by atoms with Gasteiger partial charge in [-0.05, 0) is 55.2 Å². The van der Waals surface area contributed by atoms with Crippen LogP contribution in [0.15, 0.2) is 24.3 Å². The lowest BCUT2D eigenvalue weighted by molar-refractivity contribution is -0.125. The van der Waals surface area contributed by atoms with E-state index in [0.717, 1.165) is 44.5 Å². The van der Waals surface area contributed by atoms with Crippen molar-refractivity contribution in [3.05, 3.63) is 29.8 Å². The summed E-state index contributed by atoms with van der Waals surface area (Å²) in [7, 11) is 1.65. The Morgan fingerprint density at radius 2 is 2.08 bits per heavy atom. The standard InChI is InChI=1S/C20H30N2O3/c1-15-13-22(12-10-20(15,24)17-5-6-17)14-19(23)21-11-9-16-3-7-18(25-2)8-4-16/h3-4,7-8,15,17,24H,5-6,9-14H2,1-2H3,(H,21,23)/t15-,20+/m1/s1. The number of methoxy groups -OCH3 is 1. The van der Waals surface area contributed by atoms with Gasteiger partial charge in [0.1, 0.15) is 5.75 Å². The summed E-state index contributed by atoms with van der Waals surface area (Å²) in [6.07, 6.45) is 3.92. The first kappa shape index (κ1) is 18.2. The van der Waals surface area contributed by atoms with E-state index in [1.165, 1.54) is 5.56 Å². The van der Waals surface area contributed by atoms with E-state index in [9.17, 15) is 9.90 Å². The van der Waals surface area contributed by atoms with E-state index in [-0.39, 0.29) is 11.8 Å². The van der Waals surface area contributed by atoms with Gasteiger partial charge in [-0.2, -0.15) is 0 Å². The molecule has 1 saturated carbocycles. The highest BCUT2D eigenvalue weighted by Crippen LogP contribution is 2.47. The number of hydrogen-bond donors (Lipinski definition) is 2. The summed E-state index contributed by atoms with van der Waals surface area (Å²) in [5.41, 5.74) is 0.684. The summed E-state index contributed by atoms with van der Waals surface area (Å²) in [5.74, 6) is 1.64. The van der Waals surface area contributed by atoms with Crippen molar-refractivity contribution in [2.45, 2.75) is 38.2 Å². The van der Waals surface area contributed by atoms with E-state index in [2.05, 4.69) is 17.1 Å². The van der Waals surface area contributed by atoms with Gasteiger partial charge in [0.05, 0.1) is 19.3 Å². The van der Waals surface area contributed by atoms with E-state index in [1.54, 1.807) is 7.11 Å². The minimum Gasteiger partial charge on any atom is -0.497 e. The first-order valence-corrected chi connectivity index (χ1v) is 9.35. The largest absolute Gasteiger partial charge is 0.497 e. The second kappa shape index (κ2) is 7.75. The first-order chi connectivity index (χ1) is 12.0. The third-order valence-corrected chi connectivity index (χ3v) is 5.76. The maximum Gasteiger partial charge on any atom is 0.234 e. The van der Waals surface area contributed by atoms with E-state index >= 15 is 0 Å². The number of benzene rings is 1. The molecule has 25 heavy (non-hydrogen) atoms. The molecule has 5 heteroatoms. The first-order valence-electron chi connectivity index (χ1n) is 9.35. The Balaban J connectivity index is 1.38. The normalized spacial score (nSPS) is 27.1. The van der Waals surface area contributed by atoms with Crippen LogP contribution in [-0.4, -0.2) is 54.8 Å². The predicted molar refractivity (Wildman–Crippen MR) is 97.6 cm³/mol. The molecule has 0 aromatic heterocycles. The molecule has 0 unspecified atom stereocenters. The van der Waals surface area contributed by atoms with Crippen LogP contribution in [0.2, 0.25) is 0 Å². The van der Waals surface area contributed by atoms with Crippen molar-refractivity contribution < 1.29 is 14.6 Å². The highest BCUT2D eigenvalue weighted by atomic mass is 16.5. The Bertz CT molecular complexity index is 585. The quantitative estimate of drug-likeness (QED) is 0.791. The molecule has 0 radical (unpaired) electrons. The van der Waals surface area contributed by atoms with Crippen LogP contribution in [0, 0.1) is 11.8 Å². The number of hydrogen-bond acceptors (Lipinski definition) is 4. The number of nitrogens with one attached hydrogen (secondary N) is 1. The Morgan fingerprint density at radius 1 is 1.36 bits per heavy atom. The summed E-state index contributed by atoms with van der Waals surface area (Å²) in [4.78, 5) is 14.4. The van der Waals surface area contributed by atoms with Crippen LogP contribution >= 0.6 is 0 Å². The molecular weight excluding hydrogens is 316 g/mol. The lowest BCUT2D eigenvalue weighted by Crippen LogP contribution is -2.54. The summed E-state index contributed by atoms with van der Waals surface area (Å²) < 4.78 is 5.15. The lowest BCUT2D eigenvalue weighted by Gasteiger charge is -2.43. The molecule has 3 rings (SSSR count). The van der Waals surface area contributed by atoms with Crippen molar-refractivity contribution in [3.63, 3.8) is 0 Å². The SMILES string of the molecule is COc1ccc(CCNC(=O)CN2CC[C@@](O)(C3CC3)[C@H](C)C2)cc1. The van der Waals surface area contributed by atoms with Gasteiger partial charge in [-0.1, -0.05) is 19.1 Å². The molecule has 2 atom stereocenters. The van der Waals surface area contributed by atoms with Gasteiger partial charge >= 0.3 is 0 Å². The van der Waals surface area contributed by atoms with Crippen LogP contribution in [0.5, 0.6) is 5.75 Å². The molecular formula is C20H30N2O3. The maximum absolute atomic E-state index is 12.2. The Morgan fingerprint density at radius 3 is 2.68 bits per heavy atom. The van der Waals surface area contributed by atoms with Crippen molar-refractivity contribution in [1.29, 1.82) is 0 Å². The van der Waals surface area contributed by atoms with Gasteiger partial charge in [0.25, 0.3) is 0 Å². The average Bonchev–Trinajstić information content (AvgIpc) is 3.44. The summed E-state index contributed by atoms with van der Waals surface area (Å²) in [6.45, 7) is 4.79. The number of nitrogens with zero attached hydrogens (tertiary/aromatic N) is 1. The number of rotatable bonds is 7. The minimum atomic E-state index is -0.499. The number of carbonyl (C=O) groups excluding carboxylic acids is 1. The van der Waals surface area contributed by atoms with Gasteiger partial charge in [0.2, 0.25) is 5.91 Å². The molecule has 2 fully saturated rings. The van der Waals surface area contributed by atoms with Crippen molar-refractivity contribution >= 4 is 5.91 Å². The molecule has 2 N–H and O–H groups in total. The molecule has 0 spiro atoms. The van der Waals surface area contributed by atoms with Crippen molar-refractivity contribution in [3.8, 4) is 5.75 Å². The molecule has 1 heterocycles. The number of aliphatic hydroxyl groups is 1. The van der Waals surface area contributed by atoms with Gasteiger partial charge in [0.15, 0.2) is 0 Å². The van der Waals surface area contributed by atoms with Gasteiger partial charge in [-0.15, -0.1) is 0 Å². The van der Waals surface area contributed by atoms with Crippen molar-refractivity contribution in [1.82, 2.24) is 10.2 Å². The fourth-order valence-electron chi connectivity index (χ4n) is 3.95. The number of ether oxygens (including phenoxy) is 1. The fraction of sp³-hybridized carbons (Fsp3) is 0.650. The zero-order chi connectivity index (χ0) is 17.9. The second-order valence-electron chi connectivity index (χ2n) is 7.60. The molecule has 1 aliphatic heterocycles. The van der Waals surface area contributed by atoms with E-state index in [4.69, 9.17) is 4.74 Å². The molecule has 1 amide bonds. The van der Waals surface area contributed by atoms with E-state index in [1.807, 2.05) is 24.3 Å². The third-order valence-electron chi connectivity index (χ3n) is 5.76. The van der Waals surface area contributed by atoms with Crippen LogP contribution in [0.4, 0.5) is 0 Å². The van der Waals surface area contributed by atoms with Crippen LogP contribution in [-0.2, 0) is 11.2 Å². The topological polar surface area (TPSA) is 61.8 Å². The summed E-state index contributed by atoms with van der Waals surface area (Å²) in [5, 5.41) is 13.8. The Kier molecular flexibility index (Phi) is 5.64. The Labute approximate surface area is 150 Å². The van der Waals surface area contributed by atoms with E-state index < -0.39 is 5.60 Å². The highest BCUT2D eigenvalue weighted by Gasteiger charge is 2.49. The molecule has 1 saturated heterocycles. The molecule has 2 aliphatic rings. The van der Waals surface area contributed by atoms with Crippen LogP contribution in [0.3, 0.4) is 0 Å². The summed E-state index contributed by atoms with van der Waals surface area (Å²) in [6, 6.07) is 7.92. The second-order valence-corrected chi connectivity index (χ2v) is 7.60. The molecule has 138 valence electrons. The molecule has 5 nitrogen and oxygen atoms in total. The Hall–Kier alpha value is -1.59. The zero-order valence-electron chi connectivity index (χ0n) is 15.3. The average molecular weight is 346 g/mol. The minimum absolute atomic E-state index is 0.0672. The zero-order valence-corrected chi connectivity index (χ0v) is 15.3. The summed E-state index contributed by atoms with van der Waals surface area (Å²) >= 11 is 0. The van der Waals surface area contributed by atoms with Crippen molar-refractivity contribution in [2.75, 3.05) is 33.3 Å². The highest BCUT2D eigenvalue weighted by molar-refractivity contribution is 5.78. The molecule has 1 aromatic carbocycles. The number of carbonyl (C=O) groups is 1. The maximum atomic E-state index is 12.2. The molecule has 0 bridgehead atoms. The smallest absolute Gasteiger partial charge is 0.234 e. The lowest BCUT2D eigenvalue weighted by atomic mass is 9.78. The molecule has 1 aliphatic carbocycles. The van der Waals surface area contributed by atoms with Crippen molar-refractivity contribution in [2.24, 2.45) is 11.8 Å². The fourth-order valence-corrected chi connectivity index (χ4v) is 3.95. The number of likely N-dealkylation sites (tertiary alicyclic amines) is 1.